The van der Waals surface area contributed by atoms with Gasteiger partial charge in [0.05, 0.1) is 22.7 Å². The summed E-state index contributed by atoms with van der Waals surface area (Å²) in [5.41, 5.74) is 24.5. The SMILES string of the molecule is CC1(C)c2ccccc2N(c2ccc3c(-c4ccccc4-c4ccc5ccccc5c4)c4cc(N5c6ccccc6C(C)(C)c6ccccc65)ccc4c(-c4ccccc4-c4ccc5c(c4)CCC=C5)c3c2)c2ccccc21. The minimum Gasteiger partial charge on any atom is -0.310 e. The van der Waals surface area contributed by atoms with E-state index in [1.807, 2.05) is 0 Å². The van der Waals surface area contributed by atoms with E-state index >= 15 is 0 Å². The summed E-state index contributed by atoms with van der Waals surface area (Å²) >= 11 is 0. The van der Waals surface area contributed by atoms with E-state index in [4.69, 9.17) is 0 Å². The highest BCUT2D eigenvalue weighted by molar-refractivity contribution is 6.25. The molecule has 0 amide bonds. The molecule has 2 heteroatoms. The van der Waals surface area contributed by atoms with E-state index in [1.54, 1.807) is 0 Å². The molecule has 0 radical (unpaired) electrons. The van der Waals surface area contributed by atoms with Crippen LogP contribution in [0.15, 0.2) is 249 Å². The van der Waals surface area contributed by atoms with Gasteiger partial charge in [-0.1, -0.05) is 228 Å². The van der Waals surface area contributed by atoms with Crippen molar-refractivity contribution in [3.8, 4) is 44.5 Å². The zero-order chi connectivity index (χ0) is 52.3. The molecule has 0 fully saturated rings. The molecule has 2 heterocycles. The normalized spacial score (nSPS) is 14.7. The molecule has 0 bridgehead atoms. The van der Waals surface area contributed by atoms with Gasteiger partial charge in [-0.2, -0.15) is 0 Å². The van der Waals surface area contributed by atoms with Gasteiger partial charge in [0.1, 0.15) is 0 Å². The monoisotopic (exact) mass is 998 g/mol. The van der Waals surface area contributed by atoms with Crippen LogP contribution in [-0.4, -0.2) is 0 Å². The van der Waals surface area contributed by atoms with Crippen molar-refractivity contribution in [1.29, 1.82) is 0 Å². The van der Waals surface area contributed by atoms with Crippen molar-refractivity contribution < 1.29 is 0 Å². The minimum absolute atomic E-state index is 0.187. The maximum absolute atomic E-state index is 2.52. The standard InChI is InChI=1S/C76H58N2/c1-75(2)65-29-13-17-33-69(65)77(70-34-18-14-30-66(70)75)55-41-43-61-63(47-55)73(59-27-11-9-25-57(59)53-39-37-49-21-5-7-23-51(49)45-53)62-44-42-56(78-71-35-19-15-31-67(71)76(3,4)68-32-16-20-36-72(68)78)48-64(62)74(61)60-28-12-10-26-58(60)54-40-38-50-22-6-8-24-52(50)46-54/h5-7,9-23,25-48H,8,24H2,1-4H3. The van der Waals surface area contributed by atoms with Crippen LogP contribution in [0.5, 0.6) is 0 Å². The van der Waals surface area contributed by atoms with Gasteiger partial charge in [-0.15, -0.1) is 0 Å². The number of hydrogen-bond acceptors (Lipinski definition) is 2. The molecule has 0 N–H and O–H groups in total. The highest BCUT2D eigenvalue weighted by Crippen LogP contribution is 2.57. The molecule has 15 rings (SSSR count). The third kappa shape index (κ3) is 7.02. The highest BCUT2D eigenvalue weighted by Gasteiger charge is 2.38. The summed E-state index contributed by atoms with van der Waals surface area (Å²) in [7, 11) is 0. The number of allylic oxidation sites excluding steroid dienone is 1. The average Bonchev–Trinajstić information content (AvgIpc) is 3.59. The number of aryl methyl sites for hydroxylation is 1. The number of anilines is 6. The van der Waals surface area contributed by atoms with Gasteiger partial charge in [0.25, 0.3) is 0 Å². The van der Waals surface area contributed by atoms with E-state index in [1.165, 1.54) is 133 Å². The molecule has 0 aromatic heterocycles. The molecule has 3 aliphatic rings. The second kappa shape index (κ2) is 17.7. The van der Waals surface area contributed by atoms with Crippen molar-refractivity contribution in [2.24, 2.45) is 0 Å². The summed E-state index contributed by atoms with van der Waals surface area (Å²) in [4.78, 5) is 5.04. The van der Waals surface area contributed by atoms with Gasteiger partial charge >= 0.3 is 0 Å². The van der Waals surface area contributed by atoms with Crippen LogP contribution in [-0.2, 0) is 17.3 Å². The minimum atomic E-state index is -0.187. The largest absolute Gasteiger partial charge is 0.310 e. The Morgan fingerprint density at radius 2 is 0.744 bits per heavy atom. The molecule has 0 unspecified atom stereocenters. The first-order valence-corrected chi connectivity index (χ1v) is 27.7. The summed E-state index contributed by atoms with van der Waals surface area (Å²) in [6.45, 7) is 9.48. The molecule has 12 aromatic rings. The van der Waals surface area contributed by atoms with Crippen molar-refractivity contribution >= 4 is 72.5 Å². The lowest BCUT2D eigenvalue weighted by Crippen LogP contribution is -2.30. The zero-order valence-electron chi connectivity index (χ0n) is 44.6. The van der Waals surface area contributed by atoms with Gasteiger partial charge in [0.15, 0.2) is 0 Å². The van der Waals surface area contributed by atoms with E-state index in [0.717, 1.165) is 24.2 Å². The third-order valence-corrected chi connectivity index (χ3v) is 17.7. The van der Waals surface area contributed by atoms with Crippen molar-refractivity contribution in [1.82, 2.24) is 0 Å². The summed E-state index contributed by atoms with van der Waals surface area (Å²) in [5, 5.41) is 7.29. The van der Waals surface area contributed by atoms with Gasteiger partial charge < -0.3 is 9.80 Å². The Hall–Kier alpha value is -9.24. The van der Waals surface area contributed by atoms with Crippen molar-refractivity contribution in [2.45, 2.75) is 51.4 Å². The Kier molecular flexibility index (Phi) is 10.4. The topological polar surface area (TPSA) is 6.48 Å². The van der Waals surface area contributed by atoms with Gasteiger partial charge in [0, 0.05) is 22.2 Å². The van der Waals surface area contributed by atoms with Crippen molar-refractivity contribution in [3.63, 3.8) is 0 Å². The number of para-hydroxylation sites is 4. The second-order valence-electron chi connectivity index (χ2n) is 22.7. The Bertz CT molecular complexity index is 4370. The molecule has 1 aliphatic carbocycles. The number of rotatable bonds is 6. The predicted octanol–water partition coefficient (Wildman–Crippen LogP) is 21.0. The van der Waals surface area contributed by atoms with Crippen LogP contribution < -0.4 is 9.80 Å². The van der Waals surface area contributed by atoms with Gasteiger partial charge in [-0.25, -0.2) is 0 Å². The lowest BCUT2D eigenvalue weighted by atomic mass is 9.73. The first-order chi connectivity index (χ1) is 38.2. The Balaban J connectivity index is 1.08. The number of benzene rings is 12. The van der Waals surface area contributed by atoms with E-state index in [2.05, 4.69) is 292 Å². The summed E-state index contributed by atoms with van der Waals surface area (Å²) in [5.74, 6) is 0. The molecule has 0 saturated carbocycles. The summed E-state index contributed by atoms with van der Waals surface area (Å²) < 4.78 is 0. The van der Waals surface area contributed by atoms with Crippen molar-refractivity contribution in [3.05, 3.63) is 282 Å². The maximum Gasteiger partial charge on any atom is 0.0502 e. The van der Waals surface area contributed by atoms with Crippen LogP contribution in [0.2, 0.25) is 0 Å². The molecular weight excluding hydrogens is 941 g/mol. The van der Waals surface area contributed by atoms with E-state index in [9.17, 15) is 0 Å². The predicted molar refractivity (Wildman–Crippen MR) is 332 cm³/mol. The molecular formula is C76H58N2. The average molecular weight is 999 g/mol. The summed E-state index contributed by atoms with van der Waals surface area (Å²) in [6, 6.07) is 91.9. The van der Waals surface area contributed by atoms with Crippen LogP contribution in [0.1, 0.15) is 67.5 Å². The van der Waals surface area contributed by atoms with Crippen LogP contribution in [0, 0.1) is 0 Å². The molecule has 2 aliphatic heterocycles. The van der Waals surface area contributed by atoms with Crippen LogP contribution in [0.3, 0.4) is 0 Å². The van der Waals surface area contributed by atoms with Crippen LogP contribution >= 0.6 is 0 Å². The van der Waals surface area contributed by atoms with Crippen molar-refractivity contribution in [2.75, 3.05) is 9.80 Å². The third-order valence-electron chi connectivity index (χ3n) is 17.7. The van der Waals surface area contributed by atoms with E-state index < -0.39 is 0 Å². The summed E-state index contributed by atoms with van der Waals surface area (Å²) in [6.07, 6.45) is 6.70. The molecule has 372 valence electrons. The second-order valence-corrected chi connectivity index (χ2v) is 22.7. The Morgan fingerprint density at radius 3 is 1.24 bits per heavy atom. The first kappa shape index (κ1) is 46.1. The Labute approximate surface area is 457 Å². The fraction of sp³-hybridized carbons (Fsp3) is 0.105. The van der Waals surface area contributed by atoms with E-state index in [0.29, 0.717) is 0 Å². The van der Waals surface area contributed by atoms with Crippen LogP contribution in [0.25, 0.3) is 82.9 Å². The highest BCUT2D eigenvalue weighted by atomic mass is 15.2. The zero-order valence-corrected chi connectivity index (χ0v) is 44.6. The fourth-order valence-corrected chi connectivity index (χ4v) is 13.8. The Morgan fingerprint density at radius 1 is 0.333 bits per heavy atom. The van der Waals surface area contributed by atoms with Gasteiger partial charge in [0.2, 0.25) is 0 Å². The molecule has 0 spiro atoms. The molecule has 78 heavy (non-hydrogen) atoms. The fourth-order valence-electron chi connectivity index (χ4n) is 13.8. The molecule has 0 atom stereocenters. The quantitative estimate of drug-likeness (QED) is 0.153. The smallest absolute Gasteiger partial charge is 0.0502 e. The molecule has 2 nitrogen and oxygen atoms in total. The number of nitrogens with zero attached hydrogens (tertiary/aromatic N) is 2. The van der Waals surface area contributed by atoms with Gasteiger partial charge in [-0.3, -0.25) is 0 Å². The first-order valence-electron chi connectivity index (χ1n) is 27.7. The molecule has 0 saturated heterocycles. The lowest BCUT2D eigenvalue weighted by molar-refractivity contribution is 0.632. The number of fused-ring (bicyclic) bond motifs is 8. The number of hydrogen-bond donors (Lipinski definition) is 0. The van der Waals surface area contributed by atoms with E-state index in [-0.39, 0.29) is 10.8 Å². The lowest BCUT2D eigenvalue weighted by Gasteiger charge is -2.42. The molecule has 12 aromatic carbocycles. The maximum atomic E-state index is 2.52. The van der Waals surface area contributed by atoms with Gasteiger partial charge in [-0.05, 0) is 178 Å². The van der Waals surface area contributed by atoms with Crippen LogP contribution in [0.4, 0.5) is 34.1 Å².